The first-order valence-electron chi connectivity index (χ1n) is 9.93. The Hall–Kier alpha value is -1.66. The van der Waals surface area contributed by atoms with Crippen LogP contribution in [0.2, 0.25) is 0 Å². The molecule has 0 radical (unpaired) electrons. The standard InChI is InChI=1S/C22H29NO3S2/c1-18-13-15-22(16-14-18)28(25,26)23-27(24,21-11-7-4-8-12-21)17-19(2)20-9-5-3-6-10-20/h4,7-8,11-16,19-20H,3,5-6,9-10,17H2,1-2H3. The van der Waals surface area contributed by atoms with Crippen LogP contribution in [0.5, 0.6) is 0 Å². The number of nitrogens with zero attached hydrogens (tertiary/aromatic N) is 1. The first-order chi connectivity index (χ1) is 13.3. The summed E-state index contributed by atoms with van der Waals surface area (Å²) in [6, 6.07) is 15.4. The molecule has 2 unspecified atom stereocenters. The van der Waals surface area contributed by atoms with Crippen LogP contribution in [0.4, 0.5) is 0 Å². The third-order valence-electron chi connectivity index (χ3n) is 5.59. The summed E-state index contributed by atoms with van der Waals surface area (Å²) in [5.74, 6) is 0.910. The highest BCUT2D eigenvalue weighted by molar-refractivity contribution is 8.03. The largest absolute Gasteiger partial charge is 0.290 e. The molecule has 0 aliphatic heterocycles. The molecule has 1 aliphatic rings. The van der Waals surface area contributed by atoms with Gasteiger partial charge in [-0.3, -0.25) is 0 Å². The second-order valence-electron chi connectivity index (χ2n) is 7.86. The Morgan fingerprint density at radius 3 is 2.11 bits per heavy atom. The normalized spacial score (nSPS) is 18.9. The van der Waals surface area contributed by atoms with Gasteiger partial charge in [-0.15, -0.1) is 3.77 Å². The smallest absolute Gasteiger partial charge is 0.244 e. The second kappa shape index (κ2) is 8.78. The minimum Gasteiger partial charge on any atom is -0.244 e. The van der Waals surface area contributed by atoms with E-state index in [9.17, 15) is 12.6 Å². The van der Waals surface area contributed by atoms with Crippen molar-refractivity contribution in [2.75, 3.05) is 5.75 Å². The van der Waals surface area contributed by atoms with Crippen LogP contribution in [-0.2, 0) is 19.8 Å². The van der Waals surface area contributed by atoms with Gasteiger partial charge in [-0.2, -0.15) is 8.42 Å². The zero-order chi connectivity index (χ0) is 20.2. The molecule has 28 heavy (non-hydrogen) atoms. The molecule has 2 atom stereocenters. The van der Waals surface area contributed by atoms with Crippen molar-refractivity contribution in [3.8, 4) is 0 Å². The molecule has 152 valence electrons. The molecular weight excluding hydrogens is 390 g/mol. The van der Waals surface area contributed by atoms with Crippen molar-refractivity contribution in [1.82, 2.24) is 0 Å². The highest BCUT2D eigenvalue weighted by Gasteiger charge is 2.27. The third-order valence-corrected chi connectivity index (χ3v) is 10.2. The Labute approximate surface area is 169 Å². The van der Waals surface area contributed by atoms with E-state index in [1.165, 1.54) is 31.4 Å². The van der Waals surface area contributed by atoms with Crippen LogP contribution in [0.15, 0.2) is 68.2 Å². The fourth-order valence-electron chi connectivity index (χ4n) is 3.91. The minimum atomic E-state index is -4.01. The lowest BCUT2D eigenvalue weighted by Gasteiger charge is -2.28. The maximum absolute atomic E-state index is 14.0. The molecule has 0 spiro atoms. The van der Waals surface area contributed by atoms with E-state index in [1.807, 2.05) is 13.0 Å². The van der Waals surface area contributed by atoms with Crippen LogP contribution in [-0.4, -0.2) is 18.4 Å². The average Bonchev–Trinajstić information content (AvgIpc) is 2.69. The lowest BCUT2D eigenvalue weighted by atomic mass is 9.82. The van der Waals surface area contributed by atoms with E-state index in [1.54, 1.807) is 36.4 Å². The molecule has 0 amide bonds. The summed E-state index contributed by atoms with van der Waals surface area (Å²) in [5.41, 5.74) is 0.966. The number of hydrogen-bond acceptors (Lipinski definition) is 3. The average molecular weight is 420 g/mol. The van der Waals surface area contributed by atoms with Crippen LogP contribution in [0.3, 0.4) is 0 Å². The fourth-order valence-corrected chi connectivity index (χ4v) is 8.35. The summed E-state index contributed by atoms with van der Waals surface area (Å²) in [5, 5.41) is 0. The third kappa shape index (κ3) is 5.03. The quantitative estimate of drug-likeness (QED) is 0.627. The number of sulfonamides is 1. The second-order valence-corrected chi connectivity index (χ2v) is 12.0. The zero-order valence-electron chi connectivity index (χ0n) is 16.6. The zero-order valence-corrected chi connectivity index (χ0v) is 18.2. The summed E-state index contributed by atoms with van der Waals surface area (Å²) >= 11 is 0. The van der Waals surface area contributed by atoms with E-state index in [4.69, 9.17) is 0 Å². The molecule has 4 nitrogen and oxygen atoms in total. The SMILES string of the molecule is Cc1ccc(S(=O)(=O)N=S(=O)(CC(C)C2CCCCC2)c2ccccc2)cc1. The maximum Gasteiger partial charge on any atom is 0.290 e. The van der Waals surface area contributed by atoms with Crippen molar-refractivity contribution in [1.29, 1.82) is 0 Å². The topological polar surface area (TPSA) is 63.6 Å². The molecule has 0 aromatic heterocycles. The number of aryl methyl sites for hydroxylation is 1. The summed E-state index contributed by atoms with van der Waals surface area (Å²) in [7, 11) is -7.10. The Kier molecular flexibility index (Phi) is 6.61. The van der Waals surface area contributed by atoms with Crippen LogP contribution in [0.1, 0.15) is 44.6 Å². The summed E-state index contributed by atoms with van der Waals surface area (Å²) in [6.07, 6.45) is 5.89. The van der Waals surface area contributed by atoms with Gasteiger partial charge in [-0.1, -0.05) is 74.9 Å². The van der Waals surface area contributed by atoms with Gasteiger partial charge in [0, 0.05) is 10.6 Å². The lowest BCUT2D eigenvalue weighted by Crippen LogP contribution is -2.24. The van der Waals surface area contributed by atoms with Gasteiger partial charge in [0.2, 0.25) is 0 Å². The van der Waals surface area contributed by atoms with Gasteiger partial charge in [0.15, 0.2) is 0 Å². The molecule has 1 fully saturated rings. The van der Waals surface area contributed by atoms with Crippen molar-refractivity contribution in [3.05, 3.63) is 60.2 Å². The predicted molar refractivity (Wildman–Crippen MR) is 114 cm³/mol. The van der Waals surface area contributed by atoms with Crippen LogP contribution >= 0.6 is 0 Å². The van der Waals surface area contributed by atoms with Gasteiger partial charge in [-0.05, 0) is 43.0 Å². The molecule has 0 saturated heterocycles. The van der Waals surface area contributed by atoms with Crippen LogP contribution in [0.25, 0.3) is 0 Å². The number of benzene rings is 2. The lowest BCUT2D eigenvalue weighted by molar-refractivity contribution is 0.281. The monoisotopic (exact) mass is 419 g/mol. The molecule has 0 heterocycles. The van der Waals surface area contributed by atoms with Crippen LogP contribution < -0.4 is 0 Å². The Morgan fingerprint density at radius 1 is 0.893 bits per heavy atom. The molecule has 2 aromatic carbocycles. The van der Waals surface area contributed by atoms with Gasteiger partial charge in [0.05, 0.1) is 14.6 Å². The van der Waals surface area contributed by atoms with Gasteiger partial charge in [0.1, 0.15) is 0 Å². The van der Waals surface area contributed by atoms with Crippen LogP contribution in [0, 0.1) is 18.8 Å². The number of rotatable bonds is 6. The van der Waals surface area contributed by atoms with E-state index in [2.05, 4.69) is 10.7 Å². The van der Waals surface area contributed by atoms with E-state index >= 15 is 0 Å². The van der Waals surface area contributed by atoms with E-state index < -0.39 is 19.8 Å². The van der Waals surface area contributed by atoms with Crippen molar-refractivity contribution in [3.63, 3.8) is 0 Å². The molecule has 1 saturated carbocycles. The van der Waals surface area contributed by atoms with Gasteiger partial charge >= 0.3 is 0 Å². The molecule has 0 N–H and O–H groups in total. The first-order valence-corrected chi connectivity index (χ1v) is 13.1. The van der Waals surface area contributed by atoms with Crippen molar-refractivity contribution in [2.45, 2.75) is 55.7 Å². The number of hydrogen-bond donors (Lipinski definition) is 0. The predicted octanol–water partition coefficient (Wildman–Crippen LogP) is 5.43. The van der Waals surface area contributed by atoms with E-state index in [0.717, 1.165) is 18.4 Å². The molecule has 2 aromatic rings. The molecular formula is C22H29NO3S2. The van der Waals surface area contributed by atoms with Gasteiger partial charge in [0.25, 0.3) is 10.0 Å². The van der Waals surface area contributed by atoms with E-state index in [-0.39, 0.29) is 16.6 Å². The maximum atomic E-state index is 14.0. The van der Waals surface area contributed by atoms with Crippen molar-refractivity contribution < 1.29 is 12.6 Å². The molecule has 1 aliphatic carbocycles. The minimum absolute atomic E-state index is 0.0899. The highest BCUT2D eigenvalue weighted by Crippen LogP contribution is 2.32. The van der Waals surface area contributed by atoms with E-state index in [0.29, 0.717) is 10.8 Å². The summed E-state index contributed by atoms with van der Waals surface area (Å²) < 4.78 is 43.9. The highest BCUT2D eigenvalue weighted by atomic mass is 32.3. The van der Waals surface area contributed by atoms with Gasteiger partial charge in [-0.25, -0.2) is 4.21 Å². The Balaban J connectivity index is 2.02. The first kappa shape index (κ1) is 21.1. The van der Waals surface area contributed by atoms with Crippen molar-refractivity contribution >= 4 is 19.8 Å². The molecule has 3 rings (SSSR count). The summed E-state index contributed by atoms with van der Waals surface area (Å²) in [4.78, 5) is 0.584. The fraction of sp³-hybridized carbons (Fsp3) is 0.455. The summed E-state index contributed by atoms with van der Waals surface area (Å²) in [6.45, 7) is 3.99. The Bertz CT molecular complexity index is 1000. The van der Waals surface area contributed by atoms with Gasteiger partial charge < -0.3 is 0 Å². The molecule has 6 heteroatoms. The van der Waals surface area contributed by atoms with Crippen molar-refractivity contribution in [2.24, 2.45) is 15.6 Å². The Morgan fingerprint density at radius 2 is 1.50 bits per heavy atom. The molecule has 0 bridgehead atoms.